The van der Waals surface area contributed by atoms with Crippen molar-refractivity contribution >= 4 is 22.8 Å². The van der Waals surface area contributed by atoms with E-state index >= 15 is 0 Å². The van der Waals surface area contributed by atoms with E-state index in [1.807, 2.05) is 0 Å². The summed E-state index contributed by atoms with van der Waals surface area (Å²) in [6.07, 6.45) is 0. The first-order chi connectivity index (χ1) is 9.49. The minimum atomic E-state index is -1.24. The van der Waals surface area contributed by atoms with Gasteiger partial charge in [0, 0.05) is 6.07 Å². The summed E-state index contributed by atoms with van der Waals surface area (Å²) in [5.41, 5.74) is -0.708. The second kappa shape index (κ2) is 5.04. The topological polar surface area (TPSA) is 106 Å². The van der Waals surface area contributed by atoms with E-state index in [2.05, 4.69) is 9.72 Å². The second-order valence-corrected chi connectivity index (χ2v) is 3.91. The van der Waals surface area contributed by atoms with Crippen molar-refractivity contribution in [3.05, 3.63) is 39.7 Å². The van der Waals surface area contributed by atoms with Crippen LogP contribution in [0.4, 0.5) is 0 Å². The summed E-state index contributed by atoms with van der Waals surface area (Å²) in [6, 6.07) is 3.68. The van der Waals surface area contributed by atoms with Gasteiger partial charge in [-0.25, -0.2) is 9.59 Å². The first kappa shape index (κ1) is 13.6. The molecule has 0 saturated heterocycles. The lowest BCUT2D eigenvalue weighted by Gasteiger charge is -2.09. The fraction of sp³-hybridized carbons (Fsp3) is 0.154. The average molecular weight is 277 g/mol. The monoisotopic (exact) mass is 277 g/mol. The molecule has 0 aliphatic carbocycles. The summed E-state index contributed by atoms with van der Waals surface area (Å²) < 4.78 is 9.60. The van der Waals surface area contributed by atoms with Crippen LogP contribution in [0.2, 0.25) is 0 Å². The third-order valence-electron chi connectivity index (χ3n) is 2.80. The average Bonchev–Trinajstić information content (AvgIpc) is 2.44. The zero-order valence-corrected chi connectivity index (χ0v) is 10.7. The van der Waals surface area contributed by atoms with Crippen molar-refractivity contribution in [3.8, 4) is 5.75 Å². The van der Waals surface area contributed by atoms with Crippen LogP contribution >= 0.6 is 0 Å². The number of fused-ring (bicyclic) bond motifs is 1. The SMILES string of the molecule is COC(=O)c1cc(=O)c2c(C(=O)O)ccc(OC)c2[nH]1. The number of methoxy groups -OCH3 is 2. The van der Waals surface area contributed by atoms with Gasteiger partial charge in [0.25, 0.3) is 0 Å². The Morgan fingerprint density at radius 2 is 1.95 bits per heavy atom. The van der Waals surface area contributed by atoms with E-state index in [0.29, 0.717) is 0 Å². The van der Waals surface area contributed by atoms with Crippen LogP contribution in [0.15, 0.2) is 23.0 Å². The third-order valence-corrected chi connectivity index (χ3v) is 2.80. The number of hydrogen-bond acceptors (Lipinski definition) is 5. The van der Waals surface area contributed by atoms with Gasteiger partial charge in [0.05, 0.1) is 30.7 Å². The molecule has 0 bridgehead atoms. The minimum Gasteiger partial charge on any atom is -0.495 e. The molecule has 0 spiro atoms. The standard InChI is InChI=1S/C13H11NO6/c1-19-9-4-3-6(12(16)17)10-8(15)5-7(13(18)20-2)14-11(9)10/h3-5H,1-2H3,(H,14,15)(H,16,17). The van der Waals surface area contributed by atoms with Gasteiger partial charge in [0.2, 0.25) is 0 Å². The fourth-order valence-electron chi connectivity index (χ4n) is 1.91. The summed E-state index contributed by atoms with van der Waals surface area (Å²) in [6.45, 7) is 0. The lowest BCUT2D eigenvalue weighted by atomic mass is 10.1. The van der Waals surface area contributed by atoms with E-state index in [1.54, 1.807) is 0 Å². The highest BCUT2D eigenvalue weighted by Gasteiger charge is 2.18. The van der Waals surface area contributed by atoms with Gasteiger partial charge in [-0.3, -0.25) is 4.79 Å². The van der Waals surface area contributed by atoms with Crippen LogP contribution < -0.4 is 10.2 Å². The number of carbonyl (C=O) groups is 2. The number of carboxylic acids is 1. The number of aromatic amines is 1. The highest BCUT2D eigenvalue weighted by molar-refractivity contribution is 6.05. The predicted molar refractivity (Wildman–Crippen MR) is 69.4 cm³/mol. The maximum absolute atomic E-state index is 12.1. The quantitative estimate of drug-likeness (QED) is 0.811. The molecule has 0 atom stereocenters. The fourth-order valence-corrected chi connectivity index (χ4v) is 1.91. The minimum absolute atomic E-state index is 0.0514. The first-order valence-electron chi connectivity index (χ1n) is 5.55. The van der Waals surface area contributed by atoms with Gasteiger partial charge in [-0.15, -0.1) is 0 Å². The molecule has 1 aromatic heterocycles. The van der Waals surface area contributed by atoms with Gasteiger partial charge < -0.3 is 19.6 Å². The molecule has 0 amide bonds. The number of nitrogens with one attached hydrogen (secondary N) is 1. The molecule has 0 unspecified atom stereocenters. The number of esters is 1. The molecule has 0 fully saturated rings. The molecule has 1 aromatic carbocycles. The van der Waals surface area contributed by atoms with Crippen LogP contribution in [0.3, 0.4) is 0 Å². The predicted octanol–water partition coefficient (Wildman–Crippen LogP) is 1.02. The molecular formula is C13H11NO6. The Kier molecular flexibility index (Phi) is 3.43. The van der Waals surface area contributed by atoms with E-state index < -0.39 is 17.4 Å². The van der Waals surface area contributed by atoms with Crippen LogP contribution in [-0.4, -0.2) is 36.2 Å². The number of hydrogen-bond donors (Lipinski definition) is 2. The van der Waals surface area contributed by atoms with Crippen molar-refractivity contribution in [2.75, 3.05) is 14.2 Å². The normalized spacial score (nSPS) is 10.3. The van der Waals surface area contributed by atoms with Crippen LogP contribution in [0, 0.1) is 0 Å². The molecular weight excluding hydrogens is 266 g/mol. The molecule has 2 N–H and O–H groups in total. The largest absolute Gasteiger partial charge is 0.495 e. The van der Waals surface area contributed by atoms with Gasteiger partial charge in [-0.05, 0) is 12.1 Å². The van der Waals surface area contributed by atoms with Crippen molar-refractivity contribution in [1.82, 2.24) is 4.98 Å². The Hall–Kier alpha value is -2.83. The van der Waals surface area contributed by atoms with Crippen molar-refractivity contribution in [2.45, 2.75) is 0 Å². The molecule has 2 rings (SSSR count). The molecule has 0 radical (unpaired) electrons. The lowest BCUT2D eigenvalue weighted by molar-refractivity contribution is 0.0593. The molecule has 1 heterocycles. The highest BCUT2D eigenvalue weighted by Crippen LogP contribution is 2.25. The maximum atomic E-state index is 12.1. The Bertz CT molecular complexity index is 761. The van der Waals surface area contributed by atoms with Crippen molar-refractivity contribution < 1.29 is 24.2 Å². The Morgan fingerprint density at radius 3 is 2.50 bits per heavy atom. The number of aromatic carboxylic acids is 1. The molecule has 0 saturated carbocycles. The molecule has 104 valence electrons. The zero-order chi connectivity index (χ0) is 14.9. The van der Waals surface area contributed by atoms with E-state index in [1.165, 1.54) is 26.4 Å². The van der Waals surface area contributed by atoms with Crippen LogP contribution in [0.1, 0.15) is 20.8 Å². The summed E-state index contributed by atoms with van der Waals surface area (Å²) in [4.78, 5) is 37.4. The van der Waals surface area contributed by atoms with Gasteiger partial charge in [-0.1, -0.05) is 0 Å². The molecule has 7 heteroatoms. The van der Waals surface area contributed by atoms with Crippen LogP contribution in [-0.2, 0) is 4.74 Å². The Labute approximate surface area is 112 Å². The molecule has 7 nitrogen and oxygen atoms in total. The highest BCUT2D eigenvalue weighted by atomic mass is 16.5. The van der Waals surface area contributed by atoms with Gasteiger partial charge in [0.15, 0.2) is 5.43 Å². The van der Waals surface area contributed by atoms with Gasteiger partial charge in [-0.2, -0.15) is 0 Å². The molecule has 20 heavy (non-hydrogen) atoms. The lowest BCUT2D eigenvalue weighted by Crippen LogP contribution is -2.14. The number of benzene rings is 1. The van der Waals surface area contributed by atoms with Crippen molar-refractivity contribution in [1.29, 1.82) is 0 Å². The number of aromatic nitrogens is 1. The summed E-state index contributed by atoms with van der Waals surface area (Å²) in [5, 5.41) is 9.06. The maximum Gasteiger partial charge on any atom is 0.354 e. The van der Waals surface area contributed by atoms with E-state index in [0.717, 1.165) is 6.07 Å². The number of ether oxygens (including phenoxy) is 2. The number of H-pyrrole nitrogens is 1. The van der Waals surface area contributed by atoms with Crippen molar-refractivity contribution in [2.24, 2.45) is 0 Å². The van der Waals surface area contributed by atoms with E-state index in [9.17, 15) is 14.4 Å². The number of carbonyl (C=O) groups excluding carboxylic acids is 1. The summed E-state index contributed by atoms with van der Waals surface area (Å²) >= 11 is 0. The molecule has 0 aliphatic heterocycles. The van der Waals surface area contributed by atoms with Crippen LogP contribution in [0.25, 0.3) is 10.9 Å². The zero-order valence-electron chi connectivity index (χ0n) is 10.7. The second-order valence-electron chi connectivity index (χ2n) is 3.91. The number of rotatable bonds is 3. The number of carboxylic acid groups (broad SMARTS) is 1. The Morgan fingerprint density at radius 1 is 1.25 bits per heavy atom. The summed E-state index contributed by atoms with van der Waals surface area (Å²) in [7, 11) is 2.55. The molecule has 0 aliphatic rings. The van der Waals surface area contributed by atoms with Crippen LogP contribution in [0.5, 0.6) is 5.75 Å². The molecule has 2 aromatic rings. The Balaban J connectivity index is 2.91. The first-order valence-corrected chi connectivity index (χ1v) is 5.55. The van der Waals surface area contributed by atoms with E-state index in [-0.39, 0.29) is 27.9 Å². The van der Waals surface area contributed by atoms with Gasteiger partial charge >= 0.3 is 11.9 Å². The summed E-state index contributed by atoms with van der Waals surface area (Å²) in [5.74, 6) is -1.71. The van der Waals surface area contributed by atoms with E-state index in [4.69, 9.17) is 9.84 Å². The number of pyridine rings is 1. The third kappa shape index (κ3) is 2.09. The van der Waals surface area contributed by atoms with Crippen molar-refractivity contribution in [3.63, 3.8) is 0 Å². The smallest absolute Gasteiger partial charge is 0.354 e. The van der Waals surface area contributed by atoms with Gasteiger partial charge in [0.1, 0.15) is 11.4 Å².